The van der Waals surface area contributed by atoms with E-state index in [9.17, 15) is 18.0 Å². The summed E-state index contributed by atoms with van der Waals surface area (Å²) in [5.74, 6) is -0.604. The summed E-state index contributed by atoms with van der Waals surface area (Å²) in [6, 6.07) is 5.70. The quantitative estimate of drug-likeness (QED) is 0.768. The van der Waals surface area contributed by atoms with Gasteiger partial charge in [0.25, 0.3) is 15.9 Å². The molecule has 1 aliphatic heterocycles. The number of nitrogens with one attached hydrogen (secondary N) is 2. The molecule has 10 heteroatoms. The van der Waals surface area contributed by atoms with Crippen LogP contribution in [-0.2, 0) is 19.6 Å². The van der Waals surface area contributed by atoms with Gasteiger partial charge in [0.2, 0.25) is 0 Å². The first kappa shape index (κ1) is 18.2. The van der Waals surface area contributed by atoms with Gasteiger partial charge in [-0.1, -0.05) is 0 Å². The molecular weight excluding hydrogens is 380 g/mol. The first-order valence-corrected chi connectivity index (χ1v) is 9.84. The van der Waals surface area contributed by atoms with Crippen molar-refractivity contribution in [3.05, 3.63) is 34.7 Å². The highest BCUT2D eigenvalue weighted by molar-refractivity contribution is 7.93. The van der Waals surface area contributed by atoms with E-state index in [0.29, 0.717) is 5.75 Å². The van der Waals surface area contributed by atoms with Crippen molar-refractivity contribution in [2.24, 2.45) is 0 Å². The monoisotopic (exact) mass is 396 g/mol. The van der Waals surface area contributed by atoms with Gasteiger partial charge < -0.3 is 14.8 Å². The molecule has 0 fully saturated rings. The van der Waals surface area contributed by atoms with Crippen LogP contribution in [0.4, 0.5) is 10.7 Å². The molecule has 2 heterocycles. The summed E-state index contributed by atoms with van der Waals surface area (Å²) in [4.78, 5) is 24.2. The van der Waals surface area contributed by atoms with E-state index in [0.717, 1.165) is 16.2 Å². The third-order valence-corrected chi connectivity index (χ3v) is 6.12. The molecule has 1 aliphatic rings. The molecule has 0 saturated carbocycles. The van der Waals surface area contributed by atoms with E-state index in [1.165, 1.54) is 25.3 Å². The van der Waals surface area contributed by atoms with Crippen LogP contribution in [0.25, 0.3) is 0 Å². The first-order chi connectivity index (χ1) is 12.2. The fourth-order valence-corrected chi connectivity index (χ4v) is 4.63. The normalized spacial score (nSPS) is 16.3. The number of carbonyl (C=O) groups is 2. The number of thiophene rings is 1. The van der Waals surface area contributed by atoms with Crippen molar-refractivity contribution in [3.63, 3.8) is 0 Å². The average Bonchev–Trinajstić information content (AvgIpc) is 2.94. The smallest absolute Gasteiger partial charge is 0.340 e. The zero-order valence-corrected chi connectivity index (χ0v) is 15.8. The number of hydrogen-bond donors (Lipinski definition) is 2. The largest absolute Gasteiger partial charge is 0.479 e. The molecule has 26 heavy (non-hydrogen) atoms. The molecule has 1 atom stereocenters. The number of hydrogen-bond acceptors (Lipinski definition) is 7. The molecule has 1 aromatic carbocycles. The minimum absolute atomic E-state index is 0.0726. The molecule has 8 nitrogen and oxygen atoms in total. The summed E-state index contributed by atoms with van der Waals surface area (Å²) < 4.78 is 37.9. The van der Waals surface area contributed by atoms with Crippen molar-refractivity contribution in [3.8, 4) is 5.75 Å². The molecule has 3 rings (SSSR count). The van der Waals surface area contributed by atoms with Crippen LogP contribution in [0.1, 0.15) is 22.2 Å². The number of amides is 1. The minimum atomic E-state index is -3.98. The predicted molar refractivity (Wildman–Crippen MR) is 96.4 cm³/mol. The molecule has 138 valence electrons. The maximum Gasteiger partial charge on any atom is 0.340 e. The van der Waals surface area contributed by atoms with Gasteiger partial charge in [-0.2, -0.15) is 0 Å². The third-order valence-electron chi connectivity index (χ3n) is 3.68. The van der Waals surface area contributed by atoms with Gasteiger partial charge in [-0.15, -0.1) is 11.3 Å². The number of esters is 1. The van der Waals surface area contributed by atoms with Crippen molar-refractivity contribution >= 4 is 43.9 Å². The van der Waals surface area contributed by atoms with E-state index in [2.05, 4.69) is 14.8 Å². The van der Waals surface area contributed by atoms with Gasteiger partial charge in [0.1, 0.15) is 10.8 Å². The number of sulfonamides is 1. The molecule has 1 amide bonds. The SMILES string of the molecule is COC(=O)c1cc(C)sc1NS(=O)(=O)c1ccc2c(c1)NC(=O)C(C)O2. The van der Waals surface area contributed by atoms with Crippen molar-refractivity contribution in [2.45, 2.75) is 24.8 Å². The zero-order valence-electron chi connectivity index (χ0n) is 14.2. The van der Waals surface area contributed by atoms with Crippen LogP contribution < -0.4 is 14.8 Å². The van der Waals surface area contributed by atoms with E-state index in [1.807, 2.05) is 0 Å². The van der Waals surface area contributed by atoms with Gasteiger partial charge in [-0.05, 0) is 38.1 Å². The highest BCUT2D eigenvalue weighted by Gasteiger charge is 2.27. The van der Waals surface area contributed by atoms with Crippen molar-refractivity contribution in [1.29, 1.82) is 0 Å². The fraction of sp³-hybridized carbons (Fsp3) is 0.250. The lowest BCUT2D eigenvalue weighted by Crippen LogP contribution is -2.34. The van der Waals surface area contributed by atoms with Crippen molar-refractivity contribution in [2.75, 3.05) is 17.1 Å². The Labute approximate surface area is 154 Å². The van der Waals surface area contributed by atoms with E-state index in [4.69, 9.17) is 4.74 Å². The predicted octanol–water partition coefficient (Wildman–Crippen LogP) is 2.36. The number of rotatable bonds is 4. The molecule has 0 spiro atoms. The second-order valence-electron chi connectivity index (χ2n) is 5.60. The van der Waals surface area contributed by atoms with E-state index >= 15 is 0 Å². The molecule has 2 aromatic rings. The maximum absolute atomic E-state index is 12.7. The summed E-state index contributed by atoms with van der Waals surface area (Å²) >= 11 is 1.12. The number of carbonyl (C=O) groups excluding carboxylic acids is 2. The molecule has 2 N–H and O–H groups in total. The Hall–Kier alpha value is -2.59. The third kappa shape index (κ3) is 3.37. The number of benzene rings is 1. The summed E-state index contributed by atoms with van der Waals surface area (Å²) in [6.07, 6.45) is -0.653. The Bertz CT molecular complexity index is 996. The average molecular weight is 396 g/mol. The van der Waals surface area contributed by atoms with Gasteiger partial charge in [-0.3, -0.25) is 9.52 Å². The second kappa shape index (κ2) is 6.61. The highest BCUT2D eigenvalue weighted by atomic mass is 32.2. The summed E-state index contributed by atoms with van der Waals surface area (Å²) in [5, 5.41) is 2.77. The molecule has 0 saturated heterocycles. The number of aryl methyl sites for hydroxylation is 1. The Morgan fingerprint density at radius 3 is 2.77 bits per heavy atom. The van der Waals surface area contributed by atoms with Crippen LogP contribution in [-0.4, -0.2) is 33.5 Å². The second-order valence-corrected chi connectivity index (χ2v) is 8.54. The van der Waals surface area contributed by atoms with Gasteiger partial charge >= 0.3 is 5.97 Å². The van der Waals surface area contributed by atoms with Gasteiger partial charge in [-0.25, -0.2) is 13.2 Å². The molecule has 1 aromatic heterocycles. The lowest BCUT2D eigenvalue weighted by Gasteiger charge is -2.23. The Kier molecular flexibility index (Phi) is 4.63. The van der Waals surface area contributed by atoms with E-state index in [-0.39, 0.29) is 27.1 Å². The van der Waals surface area contributed by atoms with Gasteiger partial charge in [0.15, 0.2) is 6.10 Å². The first-order valence-electron chi connectivity index (χ1n) is 7.54. The topological polar surface area (TPSA) is 111 Å². The zero-order chi connectivity index (χ0) is 19.1. The Balaban J connectivity index is 1.94. The van der Waals surface area contributed by atoms with Crippen LogP contribution >= 0.6 is 11.3 Å². The fourth-order valence-electron chi connectivity index (χ4n) is 2.39. The molecule has 0 radical (unpaired) electrons. The highest BCUT2D eigenvalue weighted by Crippen LogP contribution is 2.34. The Morgan fingerprint density at radius 2 is 2.08 bits per heavy atom. The lowest BCUT2D eigenvalue weighted by atomic mass is 10.2. The number of fused-ring (bicyclic) bond motifs is 1. The lowest BCUT2D eigenvalue weighted by molar-refractivity contribution is -0.122. The maximum atomic E-state index is 12.7. The van der Waals surface area contributed by atoms with Gasteiger partial charge in [0, 0.05) is 4.88 Å². The summed E-state index contributed by atoms with van der Waals surface area (Å²) in [7, 11) is -2.76. The van der Waals surface area contributed by atoms with Crippen LogP contribution in [0.15, 0.2) is 29.2 Å². The summed E-state index contributed by atoms with van der Waals surface area (Å²) in [6.45, 7) is 3.35. The van der Waals surface area contributed by atoms with Crippen LogP contribution in [0.3, 0.4) is 0 Å². The summed E-state index contributed by atoms with van der Waals surface area (Å²) in [5.41, 5.74) is 0.411. The standard InChI is InChI=1S/C16H16N2O6S2/c1-8-6-11(16(20)23-3)15(25-8)18-26(21,22)10-4-5-13-12(7-10)17-14(19)9(2)24-13/h4-7,9,18H,1-3H3,(H,17,19). The van der Waals surface area contributed by atoms with Crippen LogP contribution in [0.5, 0.6) is 5.75 Å². The minimum Gasteiger partial charge on any atom is -0.479 e. The molecular formula is C16H16N2O6S2. The van der Waals surface area contributed by atoms with Gasteiger partial charge in [0.05, 0.1) is 23.3 Å². The van der Waals surface area contributed by atoms with Crippen molar-refractivity contribution in [1.82, 2.24) is 0 Å². The Morgan fingerprint density at radius 1 is 1.35 bits per heavy atom. The van der Waals surface area contributed by atoms with Crippen LogP contribution in [0, 0.1) is 6.92 Å². The molecule has 0 aliphatic carbocycles. The van der Waals surface area contributed by atoms with E-state index < -0.39 is 22.1 Å². The molecule has 1 unspecified atom stereocenters. The number of ether oxygens (including phenoxy) is 2. The van der Waals surface area contributed by atoms with Crippen LogP contribution in [0.2, 0.25) is 0 Å². The van der Waals surface area contributed by atoms with Crippen molar-refractivity contribution < 1.29 is 27.5 Å². The number of anilines is 2. The number of methoxy groups -OCH3 is 1. The van der Waals surface area contributed by atoms with E-state index in [1.54, 1.807) is 19.9 Å². The molecule has 0 bridgehead atoms.